The molecule has 0 aromatic rings. The molecule has 0 heterocycles. The normalized spacial score (nSPS) is 32.8. The van der Waals surface area contributed by atoms with Gasteiger partial charge >= 0.3 is 0 Å². The van der Waals surface area contributed by atoms with E-state index in [1.807, 2.05) is 0 Å². The lowest BCUT2D eigenvalue weighted by atomic mass is 9.86. The average Bonchev–Trinajstić information content (AvgIpc) is 2.84. The SMILES string of the molecule is CCNC1(CO)CCCC1CCSC1CCCCC1. The van der Waals surface area contributed by atoms with Gasteiger partial charge in [-0.05, 0) is 50.3 Å². The Morgan fingerprint density at radius 1 is 1.16 bits per heavy atom. The van der Waals surface area contributed by atoms with Crippen LogP contribution in [0, 0.1) is 5.92 Å². The van der Waals surface area contributed by atoms with Crippen LogP contribution in [0.5, 0.6) is 0 Å². The summed E-state index contributed by atoms with van der Waals surface area (Å²) in [7, 11) is 0. The molecule has 3 heteroatoms. The second kappa shape index (κ2) is 7.90. The molecule has 2 N–H and O–H groups in total. The first-order valence-electron chi connectivity index (χ1n) is 8.28. The number of hydrogen-bond donors (Lipinski definition) is 2. The van der Waals surface area contributed by atoms with Gasteiger partial charge in [0.25, 0.3) is 0 Å². The Labute approximate surface area is 123 Å². The highest BCUT2D eigenvalue weighted by Crippen LogP contribution is 2.39. The molecule has 0 aromatic carbocycles. The van der Waals surface area contributed by atoms with Gasteiger partial charge in [-0.1, -0.05) is 32.6 Å². The van der Waals surface area contributed by atoms with Gasteiger partial charge in [-0.2, -0.15) is 11.8 Å². The molecule has 2 saturated carbocycles. The standard InChI is InChI=1S/C16H31NOS/c1-2-17-16(13-18)11-6-7-14(16)10-12-19-15-8-4-3-5-9-15/h14-15,17-18H,2-13H2,1H3. The molecule has 2 nitrogen and oxygen atoms in total. The Morgan fingerprint density at radius 2 is 1.95 bits per heavy atom. The summed E-state index contributed by atoms with van der Waals surface area (Å²) in [5.41, 5.74) is 0.0435. The van der Waals surface area contributed by atoms with Crippen molar-refractivity contribution in [3.8, 4) is 0 Å². The zero-order chi connectivity index (χ0) is 13.6. The van der Waals surface area contributed by atoms with Crippen molar-refractivity contribution in [2.45, 2.75) is 75.5 Å². The van der Waals surface area contributed by atoms with Gasteiger partial charge in [0.2, 0.25) is 0 Å². The summed E-state index contributed by atoms with van der Waals surface area (Å²) in [6, 6.07) is 0. The lowest BCUT2D eigenvalue weighted by Gasteiger charge is -2.35. The summed E-state index contributed by atoms with van der Waals surface area (Å²) in [6.07, 6.45) is 12.3. The van der Waals surface area contributed by atoms with E-state index in [9.17, 15) is 5.11 Å². The van der Waals surface area contributed by atoms with Crippen molar-refractivity contribution in [2.24, 2.45) is 5.92 Å². The van der Waals surface area contributed by atoms with E-state index in [1.54, 1.807) is 0 Å². The van der Waals surface area contributed by atoms with Crippen LogP contribution in [-0.2, 0) is 0 Å². The van der Waals surface area contributed by atoms with Gasteiger partial charge in [-0.15, -0.1) is 0 Å². The second-order valence-corrected chi connectivity index (χ2v) is 7.76. The number of nitrogens with one attached hydrogen (secondary N) is 1. The van der Waals surface area contributed by atoms with Gasteiger partial charge in [-0.3, -0.25) is 0 Å². The minimum Gasteiger partial charge on any atom is -0.394 e. The quantitative estimate of drug-likeness (QED) is 0.750. The van der Waals surface area contributed by atoms with E-state index in [1.165, 1.54) is 57.1 Å². The van der Waals surface area contributed by atoms with Crippen LogP contribution >= 0.6 is 11.8 Å². The third-order valence-corrected chi connectivity index (χ3v) is 6.55. The Bertz CT molecular complexity index is 255. The number of likely N-dealkylation sites (N-methyl/N-ethyl adjacent to an activating group) is 1. The van der Waals surface area contributed by atoms with E-state index in [0.717, 1.165) is 18.2 Å². The van der Waals surface area contributed by atoms with E-state index in [0.29, 0.717) is 12.5 Å². The summed E-state index contributed by atoms with van der Waals surface area (Å²) in [6.45, 7) is 3.45. The van der Waals surface area contributed by atoms with Crippen LogP contribution in [0.1, 0.15) is 64.7 Å². The first-order chi connectivity index (χ1) is 9.30. The molecule has 19 heavy (non-hydrogen) atoms. The molecule has 0 amide bonds. The maximum absolute atomic E-state index is 9.80. The van der Waals surface area contributed by atoms with Crippen molar-refractivity contribution in [2.75, 3.05) is 18.9 Å². The monoisotopic (exact) mass is 285 g/mol. The van der Waals surface area contributed by atoms with E-state index < -0.39 is 0 Å². The summed E-state index contributed by atoms with van der Waals surface area (Å²) in [5.74, 6) is 1.98. The summed E-state index contributed by atoms with van der Waals surface area (Å²) >= 11 is 2.20. The second-order valence-electron chi connectivity index (χ2n) is 6.35. The van der Waals surface area contributed by atoms with Crippen LogP contribution in [0.25, 0.3) is 0 Å². The van der Waals surface area contributed by atoms with Crippen LogP contribution in [0.15, 0.2) is 0 Å². The third-order valence-electron chi connectivity index (χ3n) is 5.14. The Morgan fingerprint density at radius 3 is 2.63 bits per heavy atom. The average molecular weight is 285 g/mol. The maximum atomic E-state index is 9.80. The number of hydrogen-bond acceptors (Lipinski definition) is 3. The zero-order valence-corrected chi connectivity index (χ0v) is 13.3. The number of rotatable bonds is 7. The third kappa shape index (κ3) is 4.12. The van der Waals surface area contributed by atoms with Crippen molar-refractivity contribution in [1.82, 2.24) is 5.32 Å². The Hall–Kier alpha value is 0.270. The number of aliphatic hydroxyl groups is 1. The van der Waals surface area contributed by atoms with Crippen LogP contribution in [0.3, 0.4) is 0 Å². The predicted molar refractivity (Wildman–Crippen MR) is 84.8 cm³/mol. The zero-order valence-electron chi connectivity index (χ0n) is 12.5. The number of aliphatic hydroxyl groups excluding tert-OH is 1. The minimum absolute atomic E-state index is 0.0435. The molecule has 2 unspecified atom stereocenters. The molecule has 2 fully saturated rings. The molecular formula is C16H31NOS. The molecule has 0 aliphatic heterocycles. The van der Waals surface area contributed by atoms with Crippen molar-refractivity contribution in [3.63, 3.8) is 0 Å². The van der Waals surface area contributed by atoms with Crippen molar-refractivity contribution < 1.29 is 5.11 Å². The molecular weight excluding hydrogens is 254 g/mol. The van der Waals surface area contributed by atoms with Crippen LogP contribution in [-0.4, -0.2) is 34.8 Å². The molecule has 2 aliphatic rings. The van der Waals surface area contributed by atoms with Crippen LogP contribution in [0.4, 0.5) is 0 Å². The molecule has 2 rings (SSSR count). The molecule has 2 atom stereocenters. The lowest BCUT2D eigenvalue weighted by molar-refractivity contribution is 0.124. The minimum atomic E-state index is 0.0435. The van der Waals surface area contributed by atoms with Crippen molar-refractivity contribution in [1.29, 1.82) is 0 Å². The molecule has 0 saturated heterocycles. The fraction of sp³-hybridized carbons (Fsp3) is 1.00. The first kappa shape index (κ1) is 15.7. The predicted octanol–water partition coefficient (Wildman–Crippen LogP) is 3.58. The molecule has 0 aromatic heterocycles. The molecule has 0 radical (unpaired) electrons. The van der Waals surface area contributed by atoms with E-state index in [2.05, 4.69) is 24.0 Å². The molecule has 112 valence electrons. The van der Waals surface area contributed by atoms with E-state index >= 15 is 0 Å². The highest BCUT2D eigenvalue weighted by atomic mass is 32.2. The Kier molecular flexibility index (Phi) is 6.51. The molecule has 0 bridgehead atoms. The first-order valence-corrected chi connectivity index (χ1v) is 9.33. The van der Waals surface area contributed by atoms with Crippen LogP contribution in [0.2, 0.25) is 0 Å². The van der Waals surface area contributed by atoms with Gasteiger partial charge in [-0.25, -0.2) is 0 Å². The maximum Gasteiger partial charge on any atom is 0.0616 e. The van der Waals surface area contributed by atoms with E-state index in [-0.39, 0.29) is 5.54 Å². The van der Waals surface area contributed by atoms with Gasteiger partial charge in [0.15, 0.2) is 0 Å². The molecule has 0 spiro atoms. The topological polar surface area (TPSA) is 32.3 Å². The van der Waals surface area contributed by atoms with Crippen molar-refractivity contribution in [3.05, 3.63) is 0 Å². The highest BCUT2D eigenvalue weighted by Gasteiger charge is 2.41. The van der Waals surface area contributed by atoms with Gasteiger partial charge in [0, 0.05) is 10.8 Å². The van der Waals surface area contributed by atoms with Gasteiger partial charge < -0.3 is 10.4 Å². The summed E-state index contributed by atoms with van der Waals surface area (Å²) in [4.78, 5) is 0. The van der Waals surface area contributed by atoms with Gasteiger partial charge in [0.1, 0.15) is 0 Å². The van der Waals surface area contributed by atoms with Gasteiger partial charge in [0.05, 0.1) is 6.61 Å². The van der Waals surface area contributed by atoms with Crippen molar-refractivity contribution >= 4 is 11.8 Å². The Balaban J connectivity index is 1.74. The largest absolute Gasteiger partial charge is 0.394 e. The molecule has 2 aliphatic carbocycles. The summed E-state index contributed by atoms with van der Waals surface area (Å²) < 4.78 is 0. The van der Waals surface area contributed by atoms with E-state index in [4.69, 9.17) is 0 Å². The smallest absolute Gasteiger partial charge is 0.0616 e. The summed E-state index contributed by atoms with van der Waals surface area (Å²) in [5, 5.41) is 14.3. The van der Waals surface area contributed by atoms with Crippen LogP contribution < -0.4 is 5.32 Å². The number of thioether (sulfide) groups is 1. The highest BCUT2D eigenvalue weighted by molar-refractivity contribution is 7.99. The fourth-order valence-electron chi connectivity index (χ4n) is 4.02. The lowest BCUT2D eigenvalue weighted by Crippen LogP contribution is -2.51. The fourth-order valence-corrected chi connectivity index (χ4v) is 5.44.